The van der Waals surface area contributed by atoms with E-state index >= 15 is 0 Å². The van der Waals surface area contributed by atoms with Crippen molar-refractivity contribution in [1.29, 1.82) is 0 Å². The average Bonchev–Trinajstić information content (AvgIpc) is 2.99. The van der Waals surface area contributed by atoms with E-state index in [-0.39, 0.29) is 23.0 Å². The molecule has 106 valence electrons. The number of nitrogens with zero attached hydrogens (tertiary/aromatic N) is 4. The van der Waals surface area contributed by atoms with Crippen LogP contribution in [0.5, 0.6) is 0 Å². The highest BCUT2D eigenvalue weighted by Gasteiger charge is 2.35. The molecule has 0 fully saturated rings. The summed E-state index contributed by atoms with van der Waals surface area (Å²) in [4.78, 5) is 29.1. The second-order valence-corrected chi connectivity index (χ2v) is 5.13. The van der Waals surface area contributed by atoms with Crippen molar-refractivity contribution in [1.82, 2.24) is 20.0 Å². The van der Waals surface area contributed by atoms with Crippen LogP contribution in [0.2, 0.25) is 5.15 Å². The van der Waals surface area contributed by atoms with Crippen LogP contribution in [-0.4, -0.2) is 31.5 Å². The zero-order valence-corrected chi connectivity index (χ0v) is 11.8. The Morgan fingerprint density at radius 1 is 0.955 bits per heavy atom. The maximum Gasteiger partial charge on any atom is 0.216 e. The SMILES string of the molecule is O=C1c2ccccc2C(=O)c2c1nnn2-c1ccc(Cl)nc1. The van der Waals surface area contributed by atoms with Crippen LogP contribution >= 0.6 is 11.6 Å². The lowest BCUT2D eigenvalue weighted by atomic mass is 9.90. The Balaban J connectivity index is 1.94. The maximum atomic E-state index is 12.7. The van der Waals surface area contributed by atoms with E-state index in [9.17, 15) is 9.59 Å². The van der Waals surface area contributed by atoms with Gasteiger partial charge >= 0.3 is 0 Å². The first-order chi connectivity index (χ1) is 10.7. The predicted molar refractivity (Wildman–Crippen MR) is 77.5 cm³/mol. The van der Waals surface area contributed by atoms with E-state index in [1.807, 2.05) is 0 Å². The van der Waals surface area contributed by atoms with Crippen LogP contribution in [-0.2, 0) is 0 Å². The molecule has 1 aromatic carbocycles. The molecule has 0 saturated heterocycles. The lowest BCUT2D eigenvalue weighted by molar-refractivity contribution is 0.0972. The van der Waals surface area contributed by atoms with Crippen LogP contribution in [0.25, 0.3) is 5.69 Å². The van der Waals surface area contributed by atoms with Crippen molar-refractivity contribution in [2.75, 3.05) is 0 Å². The average molecular weight is 311 g/mol. The van der Waals surface area contributed by atoms with E-state index in [1.165, 1.54) is 10.9 Å². The van der Waals surface area contributed by atoms with Gasteiger partial charge in [0.2, 0.25) is 11.6 Å². The first kappa shape index (κ1) is 12.8. The first-order valence-electron chi connectivity index (χ1n) is 6.43. The largest absolute Gasteiger partial charge is 0.287 e. The fourth-order valence-corrected chi connectivity index (χ4v) is 2.56. The van der Waals surface area contributed by atoms with Crippen LogP contribution < -0.4 is 0 Å². The molecule has 7 heteroatoms. The third-order valence-electron chi connectivity index (χ3n) is 3.47. The van der Waals surface area contributed by atoms with E-state index in [2.05, 4.69) is 15.3 Å². The molecule has 0 spiro atoms. The molecular formula is C15H7ClN4O2. The zero-order valence-electron chi connectivity index (χ0n) is 11.0. The van der Waals surface area contributed by atoms with Gasteiger partial charge in [0.15, 0.2) is 5.69 Å². The van der Waals surface area contributed by atoms with Gasteiger partial charge in [-0.1, -0.05) is 41.1 Å². The van der Waals surface area contributed by atoms with Gasteiger partial charge in [0.1, 0.15) is 10.8 Å². The Bertz CT molecular complexity index is 931. The van der Waals surface area contributed by atoms with E-state index in [1.54, 1.807) is 36.4 Å². The van der Waals surface area contributed by atoms with Crippen LogP contribution in [0.1, 0.15) is 32.1 Å². The number of rotatable bonds is 1. The molecule has 1 aliphatic carbocycles. The van der Waals surface area contributed by atoms with Crippen molar-refractivity contribution < 1.29 is 9.59 Å². The number of ketones is 2. The summed E-state index contributed by atoms with van der Waals surface area (Å²) in [5.41, 5.74) is 1.41. The number of hydrogen-bond acceptors (Lipinski definition) is 5. The van der Waals surface area contributed by atoms with Gasteiger partial charge in [-0.25, -0.2) is 9.67 Å². The molecule has 0 amide bonds. The van der Waals surface area contributed by atoms with E-state index in [4.69, 9.17) is 11.6 Å². The number of carbonyl (C=O) groups excluding carboxylic acids is 2. The Morgan fingerprint density at radius 3 is 2.36 bits per heavy atom. The highest BCUT2D eigenvalue weighted by Crippen LogP contribution is 2.27. The molecule has 1 aliphatic rings. The monoisotopic (exact) mass is 310 g/mol. The summed E-state index contributed by atoms with van der Waals surface area (Å²) in [6.07, 6.45) is 1.47. The minimum atomic E-state index is -0.307. The quantitative estimate of drug-likeness (QED) is 0.503. The molecule has 0 unspecified atom stereocenters. The van der Waals surface area contributed by atoms with Crippen molar-refractivity contribution in [2.24, 2.45) is 0 Å². The van der Waals surface area contributed by atoms with Gasteiger partial charge in [-0.05, 0) is 12.1 Å². The number of aromatic nitrogens is 4. The second-order valence-electron chi connectivity index (χ2n) is 4.74. The zero-order chi connectivity index (χ0) is 15.3. The predicted octanol–water partition coefficient (Wildman–Crippen LogP) is 2.09. The summed E-state index contributed by atoms with van der Waals surface area (Å²) in [6.45, 7) is 0. The highest BCUT2D eigenvalue weighted by molar-refractivity contribution is 6.29. The van der Waals surface area contributed by atoms with Crippen LogP contribution in [0.3, 0.4) is 0 Å². The van der Waals surface area contributed by atoms with Crippen molar-refractivity contribution in [3.63, 3.8) is 0 Å². The van der Waals surface area contributed by atoms with Crippen molar-refractivity contribution >= 4 is 23.2 Å². The topological polar surface area (TPSA) is 77.7 Å². The summed E-state index contributed by atoms with van der Waals surface area (Å²) in [7, 11) is 0. The van der Waals surface area contributed by atoms with Crippen molar-refractivity contribution in [2.45, 2.75) is 0 Å². The highest BCUT2D eigenvalue weighted by atomic mass is 35.5. The molecule has 0 bridgehead atoms. The second kappa shape index (κ2) is 4.57. The Labute approximate surface area is 129 Å². The standard InChI is InChI=1S/C15H7ClN4O2/c16-11-6-5-8(7-17-11)20-13-12(18-19-20)14(21)9-3-1-2-4-10(9)15(13)22/h1-7H. The van der Waals surface area contributed by atoms with Gasteiger partial charge in [0.05, 0.1) is 11.9 Å². The van der Waals surface area contributed by atoms with Crippen molar-refractivity contribution in [3.05, 3.63) is 70.3 Å². The molecule has 2 heterocycles. The molecule has 0 aliphatic heterocycles. The summed E-state index contributed by atoms with van der Waals surface area (Å²) in [5.74, 6) is -0.594. The number of pyridine rings is 1. The molecule has 0 atom stereocenters. The minimum absolute atomic E-state index is 0.0543. The molecule has 3 aromatic rings. The van der Waals surface area contributed by atoms with E-state index in [0.717, 1.165) is 0 Å². The first-order valence-corrected chi connectivity index (χ1v) is 6.80. The molecule has 2 aromatic heterocycles. The van der Waals surface area contributed by atoms with Gasteiger partial charge in [-0.15, -0.1) is 5.10 Å². The molecule has 4 rings (SSSR count). The summed E-state index contributed by atoms with van der Waals surface area (Å²) in [6, 6.07) is 9.89. The third-order valence-corrected chi connectivity index (χ3v) is 3.70. The Hall–Kier alpha value is -2.86. The van der Waals surface area contributed by atoms with E-state index < -0.39 is 0 Å². The van der Waals surface area contributed by atoms with Crippen LogP contribution in [0.4, 0.5) is 0 Å². The summed E-state index contributed by atoms with van der Waals surface area (Å²) in [5, 5.41) is 8.12. The number of halogens is 1. The number of fused-ring (bicyclic) bond motifs is 2. The number of benzene rings is 1. The molecule has 0 saturated carbocycles. The maximum absolute atomic E-state index is 12.7. The van der Waals surface area contributed by atoms with E-state index in [0.29, 0.717) is 22.0 Å². The summed E-state index contributed by atoms with van der Waals surface area (Å²) >= 11 is 5.76. The molecule has 6 nitrogen and oxygen atoms in total. The van der Waals surface area contributed by atoms with Crippen molar-refractivity contribution in [3.8, 4) is 5.69 Å². The Kier molecular flexibility index (Phi) is 2.67. The minimum Gasteiger partial charge on any atom is -0.287 e. The normalized spacial score (nSPS) is 13.0. The molecule has 22 heavy (non-hydrogen) atoms. The lowest BCUT2D eigenvalue weighted by Gasteiger charge is -2.14. The van der Waals surface area contributed by atoms with Gasteiger partial charge in [0.25, 0.3) is 0 Å². The van der Waals surface area contributed by atoms with Gasteiger partial charge in [0, 0.05) is 11.1 Å². The van der Waals surface area contributed by atoms with Crippen LogP contribution in [0.15, 0.2) is 42.6 Å². The fraction of sp³-hybridized carbons (Fsp3) is 0. The van der Waals surface area contributed by atoms with Gasteiger partial charge in [-0.2, -0.15) is 0 Å². The summed E-state index contributed by atoms with van der Waals surface area (Å²) < 4.78 is 1.31. The molecular weight excluding hydrogens is 304 g/mol. The van der Waals surface area contributed by atoms with Gasteiger partial charge < -0.3 is 0 Å². The molecule has 0 radical (unpaired) electrons. The fourth-order valence-electron chi connectivity index (χ4n) is 2.45. The third kappa shape index (κ3) is 1.71. The smallest absolute Gasteiger partial charge is 0.216 e. The lowest BCUT2D eigenvalue weighted by Crippen LogP contribution is -2.23. The number of hydrogen-bond donors (Lipinski definition) is 0. The van der Waals surface area contributed by atoms with Gasteiger partial charge in [-0.3, -0.25) is 9.59 Å². The molecule has 0 N–H and O–H groups in total. The number of carbonyl (C=O) groups is 2. The Morgan fingerprint density at radius 2 is 1.68 bits per heavy atom. The van der Waals surface area contributed by atoms with Crippen LogP contribution in [0, 0.1) is 0 Å².